The van der Waals surface area contributed by atoms with Crippen molar-refractivity contribution in [3.05, 3.63) is 56.5 Å². The quantitative estimate of drug-likeness (QED) is 0.492. The van der Waals surface area contributed by atoms with Gasteiger partial charge in [0.25, 0.3) is 0 Å². The summed E-state index contributed by atoms with van der Waals surface area (Å²) >= 11 is 5.82. The summed E-state index contributed by atoms with van der Waals surface area (Å²) in [5.41, 5.74) is 2.33. The molecule has 1 aromatic carbocycles. The van der Waals surface area contributed by atoms with Gasteiger partial charge in [0.1, 0.15) is 5.69 Å². The number of halogens is 1. The zero-order chi connectivity index (χ0) is 15.6. The Morgan fingerprint density at radius 1 is 1.24 bits per heavy atom. The highest BCUT2D eigenvalue weighted by atomic mass is 35.5. The fourth-order valence-corrected chi connectivity index (χ4v) is 2.25. The Hall–Kier alpha value is -2.21. The Morgan fingerprint density at radius 2 is 1.86 bits per heavy atom. The molecule has 2 aromatic rings. The van der Waals surface area contributed by atoms with E-state index in [1.54, 1.807) is 18.9 Å². The van der Waals surface area contributed by atoms with E-state index in [1.807, 2.05) is 31.2 Å². The van der Waals surface area contributed by atoms with E-state index < -0.39 is 4.92 Å². The lowest BCUT2D eigenvalue weighted by Gasteiger charge is -2.18. The smallest absolute Gasteiger partial charge is 0.332 e. The highest BCUT2D eigenvalue weighted by Gasteiger charge is 2.24. The van der Waals surface area contributed by atoms with Crippen LogP contribution < -0.4 is 4.90 Å². The second-order valence-corrected chi connectivity index (χ2v) is 5.19. The van der Waals surface area contributed by atoms with Crippen molar-refractivity contribution in [1.82, 2.24) is 9.97 Å². The Kier molecular flexibility index (Phi) is 4.37. The number of nitro groups is 1. The summed E-state index contributed by atoms with van der Waals surface area (Å²) in [6.45, 7) is 4.05. The maximum Gasteiger partial charge on any atom is 0.332 e. The normalized spacial score (nSPS) is 10.5. The van der Waals surface area contributed by atoms with Crippen molar-refractivity contribution < 1.29 is 4.92 Å². The molecule has 0 N–H and O–H groups in total. The molecule has 1 heterocycles. The van der Waals surface area contributed by atoms with Crippen LogP contribution in [0, 0.1) is 24.0 Å². The predicted octanol–water partition coefficient (Wildman–Crippen LogP) is 3.29. The van der Waals surface area contributed by atoms with Crippen molar-refractivity contribution >= 4 is 23.1 Å². The number of anilines is 1. The molecule has 110 valence electrons. The first-order chi connectivity index (χ1) is 9.88. The van der Waals surface area contributed by atoms with Crippen molar-refractivity contribution in [2.45, 2.75) is 20.4 Å². The number of aryl methyl sites for hydroxylation is 2. The lowest BCUT2D eigenvalue weighted by Crippen LogP contribution is -2.20. The van der Waals surface area contributed by atoms with E-state index in [1.165, 1.54) is 0 Å². The van der Waals surface area contributed by atoms with E-state index in [2.05, 4.69) is 9.97 Å². The minimum Gasteiger partial charge on any atom is -0.349 e. The molecule has 7 heteroatoms. The van der Waals surface area contributed by atoms with Crippen LogP contribution in [0.25, 0.3) is 0 Å². The van der Waals surface area contributed by atoms with E-state index in [-0.39, 0.29) is 22.5 Å². The molecule has 0 fully saturated rings. The van der Waals surface area contributed by atoms with Gasteiger partial charge in [0, 0.05) is 13.6 Å². The molecule has 1 aromatic heterocycles. The summed E-state index contributed by atoms with van der Waals surface area (Å²) in [5.74, 6) is 0.220. The van der Waals surface area contributed by atoms with Crippen LogP contribution in [-0.2, 0) is 6.54 Å². The molecule has 0 saturated heterocycles. The van der Waals surface area contributed by atoms with E-state index >= 15 is 0 Å². The number of rotatable bonds is 4. The van der Waals surface area contributed by atoms with E-state index in [9.17, 15) is 10.1 Å². The van der Waals surface area contributed by atoms with Crippen molar-refractivity contribution in [2.24, 2.45) is 0 Å². The molecule has 0 bridgehead atoms. The lowest BCUT2D eigenvalue weighted by molar-refractivity contribution is -0.385. The van der Waals surface area contributed by atoms with Crippen LogP contribution >= 0.6 is 11.6 Å². The van der Waals surface area contributed by atoms with Gasteiger partial charge in [-0.15, -0.1) is 0 Å². The molecule has 0 radical (unpaired) electrons. The Labute approximate surface area is 127 Å². The number of aromatic nitrogens is 2. The summed E-state index contributed by atoms with van der Waals surface area (Å²) in [7, 11) is 1.74. The average Bonchev–Trinajstić information content (AvgIpc) is 2.39. The van der Waals surface area contributed by atoms with Crippen molar-refractivity contribution in [3.63, 3.8) is 0 Å². The first kappa shape index (κ1) is 15.2. The minimum atomic E-state index is -0.480. The van der Waals surface area contributed by atoms with Gasteiger partial charge in [0.05, 0.1) is 4.92 Å². The highest BCUT2D eigenvalue weighted by Crippen LogP contribution is 2.29. The Balaban J connectivity index is 2.36. The lowest BCUT2D eigenvalue weighted by atomic mass is 10.1. The number of hydrogen-bond donors (Lipinski definition) is 0. The zero-order valence-corrected chi connectivity index (χ0v) is 12.8. The zero-order valence-electron chi connectivity index (χ0n) is 12.0. The van der Waals surface area contributed by atoms with Gasteiger partial charge in [-0.25, -0.2) is 4.98 Å². The van der Waals surface area contributed by atoms with Gasteiger partial charge >= 0.3 is 5.69 Å². The third-order valence-corrected chi connectivity index (χ3v) is 3.27. The molecular weight excluding hydrogens is 292 g/mol. The summed E-state index contributed by atoms with van der Waals surface area (Å²) in [6, 6.07) is 7.95. The molecule has 0 aliphatic heterocycles. The standard InChI is InChI=1S/C14H15ClN4O2/c1-9-4-6-11(7-5-9)8-18(3)13-12(19(20)21)10(2)16-14(15)17-13/h4-7H,8H2,1-3H3. The third-order valence-electron chi connectivity index (χ3n) is 3.10. The highest BCUT2D eigenvalue weighted by molar-refractivity contribution is 6.28. The van der Waals surface area contributed by atoms with Crippen molar-refractivity contribution in [3.8, 4) is 0 Å². The van der Waals surface area contributed by atoms with Gasteiger partial charge in [-0.2, -0.15) is 4.98 Å². The Bertz CT molecular complexity index is 673. The number of hydrogen-bond acceptors (Lipinski definition) is 5. The second-order valence-electron chi connectivity index (χ2n) is 4.85. The largest absolute Gasteiger partial charge is 0.349 e. The van der Waals surface area contributed by atoms with Crippen LogP contribution in [-0.4, -0.2) is 21.9 Å². The fourth-order valence-electron chi connectivity index (χ4n) is 2.04. The topological polar surface area (TPSA) is 72.2 Å². The second kappa shape index (κ2) is 6.05. The molecule has 0 unspecified atom stereocenters. The summed E-state index contributed by atoms with van der Waals surface area (Å²) < 4.78 is 0. The van der Waals surface area contributed by atoms with Gasteiger partial charge in [-0.3, -0.25) is 10.1 Å². The van der Waals surface area contributed by atoms with Gasteiger partial charge < -0.3 is 4.90 Å². The van der Waals surface area contributed by atoms with Crippen molar-refractivity contribution in [2.75, 3.05) is 11.9 Å². The van der Waals surface area contributed by atoms with Crippen LogP contribution in [0.1, 0.15) is 16.8 Å². The summed E-state index contributed by atoms with van der Waals surface area (Å²) in [5, 5.41) is 11.2. The molecule has 0 spiro atoms. The molecule has 6 nitrogen and oxygen atoms in total. The van der Waals surface area contributed by atoms with Crippen molar-refractivity contribution in [1.29, 1.82) is 0 Å². The van der Waals surface area contributed by atoms with E-state index in [4.69, 9.17) is 11.6 Å². The van der Waals surface area contributed by atoms with Gasteiger partial charge in [-0.1, -0.05) is 29.8 Å². The molecule has 0 aliphatic rings. The monoisotopic (exact) mass is 306 g/mol. The maximum absolute atomic E-state index is 11.2. The average molecular weight is 307 g/mol. The molecule has 0 amide bonds. The van der Waals surface area contributed by atoms with Crippen LogP contribution in [0.5, 0.6) is 0 Å². The fraction of sp³-hybridized carbons (Fsp3) is 0.286. The first-order valence-corrected chi connectivity index (χ1v) is 6.71. The Morgan fingerprint density at radius 3 is 2.43 bits per heavy atom. The summed E-state index contributed by atoms with van der Waals surface area (Å²) in [6.07, 6.45) is 0. The molecule has 0 saturated carbocycles. The van der Waals surface area contributed by atoms with E-state index in [0.29, 0.717) is 6.54 Å². The molecule has 0 aliphatic carbocycles. The van der Waals surface area contributed by atoms with Gasteiger partial charge in [-0.05, 0) is 31.0 Å². The van der Waals surface area contributed by atoms with E-state index in [0.717, 1.165) is 11.1 Å². The first-order valence-electron chi connectivity index (χ1n) is 6.33. The molecule has 2 rings (SSSR count). The predicted molar refractivity (Wildman–Crippen MR) is 81.7 cm³/mol. The van der Waals surface area contributed by atoms with Crippen LogP contribution in [0.3, 0.4) is 0 Å². The van der Waals surface area contributed by atoms with Crippen LogP contribution in [0.15, 0.2) is 24.3 Å². The number of nitrogens with zero attached hydrogens (tertiary/aromatic N) is 4. The van der Waals surface area contributed by atoms with Crippen LogP contribution in [0.4, 0.5) is 11.5 Å². The minimum absolute atomic E-state index is 0.00357. The third kappa shape index (κ3) is 3.46. The maximum atomic E-state index is 11.2. The van der Waals surface area contributed by atoms with Crippen LogP contribution in [0.2, 0.25) is 5.28 Å². The van der Waals surface area contributed by atoms with Gasteiger partial charge in [0.15, 0.2) is 0 Å². The van der Waals surface area contributed by atoms with Gasteiger partial charge in [0.2, 0.25) is 11.1 Å². The summed E-state index contributed by atoms with van der Waals surface area (Å²) in [4.78, 5) is 20.3. The molecule has 0 atom stereocenters. The molecule has 21 heavy (non-hydrogen) atoms. The molecular formula is C14H15ClN4O2. The number of benzene rings is 1. The SMILES string of the molecule is Cc1ccc(CN(C)c2nc(Cl)nc(C)c2[N+](=O)[O-])cc1.